The van der Waals surface area contributed by atoms with Crippen molar-refractivity contribution >= 4 is 17.7 Å². The average molecular weight is 361 g/mol. The molecule has 1 atom stereocenters. The Morgan fingerprint density at radius 1 is 1.16 bits per heavy atom. The van der Waals surface area contributed by atoms with Crippen LogP contribution in [0, 0.1) is 0 Å². The van der Waals surface area contributed by atoms with Gasteiger partial charge in [0.2, 0.25) is 11.8 Å². The summed E-state index contributed by atoms with van der Waals surface area (Å²) in [7, 11) is 1.62. The number of rotatable bonds is 5. The van der Waals surface area contributed by atoms with Crippen LogP contribution in [0.25, 0.3) is 11.5 Å². The monoisotopic (exact) mass is 361 g/mol. The van der Waals surface area contributed by atoms with Gasteiger partial charge < -0.3 is 14.1 Å². The summed E-state index contributed by atoms with van der Waals surface area (Å²) in [6.45, 7) is 3.60. The minimum atomic E-state index is -0.234. The van der Waals surface area contributed by atoms with Crippen molar-refractivity contribution < 1.29 is 13.9 Å². The maximum absolute atomic E-state index is 12.6. The van der Waals surface area contributed by atoms with Gasteiger partial charge in [-0.1, -0.05) is 24.6 Å². The molecule has 134 valence electrons. The van der Waals surface area contributed by atoms with E-state index in [0.717, 1.165) is 37.2 Å². The molecular weight excluding hydrogens is 338 g/mol. The van der Waals surface area contributed by atoms with Crippen molar-refractivity contribution in [2.24, 2.45) is 0 Å². The number of aromatic nitrogens is 2. The van der Waals surface area contributed by atoms with E-state index in [4.69, 9.17) is 9.15 Å². The molecule has 1 aliphatic heterocycles. The van der Waals surface area contributed by atoms with Crippen LogP contribution in [-0.4, -0.2) is 46.5 Å². The number of thioether (sulfide) groups is 1. The second-order valence-electron chi connectivity index (χ2n) is 6.10. The normalized spacial score (nSPS) is 16.3. The molecule has 1 fully saturated rings. The molecule has 1 aromatic carbocycles. The summed E-state index contributed by atoms with van der Waals surface area (Å²) in [6.07, 6.45) is 4.59. The van der Waals surface area contributed by atoms with Crippen LogP contribution in [0.4, 0.5) is 0 Å². The molecule has 25 heavy (non-hydrogen) atoms. The van der Waals surface area contributed by atoms with Crippen LogP contribution >= 0.6 is 11.8 Å². The Morgan fingerprint density at radius 2 is 1.84 bits per heavy atom. The summed E-state index contributed by atoms with van der Waals surface area (Å²) in [4.78, 5) is 14.6. The summed E-state index contributed by atoms with van der Waals surface area (Å²) in [5.41, 5.74) is 0.826. The van der Waals surface area contributed by atoms with Crippen molar-refractivity contribution in [3.63, 3.8) is 0 Å². The van der Waals surface area contributed by atoms with Crippen molar-refractivity contribution in [3.05, 3.63) is 24.3 Å². The van der Waals surface area contributed by atoms with Crippen molar-refractivity contribution in [2.45, 2.75) is 43.1 Å². The van der Waals surface area contributed by atoms with E-state index < -0.39 is 0 Å². The van der Waals surface area contributed by atoms with Gasteiger partial charge in [0.25, 0.3) is 5.22 Å². The van der Waals surface area contributed by atoms with Crippen molar-refractivity contribution in [2.75, 3.05) is 20.2 Å². The molecule has 6 nitrogen and oxygen atoms in total. The van der Waals surface area contributed by atoms with E-state index in [1.165, 1.54) is 24.6 Å². The summed E-state index contributed by atoms with van der Waals surface area (Å²) in [5.74, 6) is 1.37. The summed E-state index contributed by atoms with van der Waals surface area (Å²) in [5, 5.41) is 8.33. The molecule has 1 unspecified atom stereocenters. The topological polar surface area (TPSA) is 68.5 Å². The predicted octanol–water partition coefficient (Wildman–Crippen LogP) is 3.63. The fraction of sp³-hybridized carbons (Fsp3) is 0.500. The van der Waals surface area contributed by atoms with E-state index in [2.05, 4.69) is 10.2 Å². The molecule has 0 radical (unpaired) electrons. The van der Waals surface area contributed by atoms with Gasteiger partial charge in [-0.2, -0.15) is 0 Å². The number of ether oxygens (including phenoxy) is 1. The molecule has 0 N–H and O–H groups in total. The molecule has 1 aromatic heterocycles. The number of likely N-dealkylation sites (tertiary alicyclic amines) is 1. The van der Waals surface area contributed by atoms with Gasteiger partial charge in [0.05, 0.1) is 12.4 Å². The number of amides is 1. The van der Waals surface area contributed by atoms with E-state index in [-0.39, 0.29) is 11.2 Å². The lowest BCUT2D eigenvalue weighted by atomic mass is 10.2. The first kappa shape index (κ1) is 17.8. The quantitative estimate of drug-likeness (QED) is 0.758. The summed E-state index contributed by atoms with van der Waals surface area (Å²) >= 11 is 1.32. The van der Waals surface area contributed by atoms with Crippen LogP contribution in [0.3, 0.4) is 0 Å². The summed E-state index contributed by atoms with van der Waals surface area (Å²) in [6, 6.07) is 7.43. The van der Waals surface area contributed by atoms with Crippen LogP contribution in [-0.2, 0) is 4.79 Å². The van der Waals surface area contributed by atoms with E-state index >= 15 is 0 Å². The lowest BCUT2D eigenvalue weighted by molar-refractivity contribution is -0.130. The third kappa shape index (κ3) is 4.54. The molecule has 0 spiro atoms. The molecule has 0 aliphatic carbocycles. The minimum Gasteiger partial charge on any atom is -0.497 e. The smallest absolute Gasteiger partial charge is 0.277 e. The number of benzene rings is 1. The van der Waals surface area contributed by atoms with Crippen molar-refractivity contribution in [3.8, 4) is 17.2 Å². The second-order valence-corrected chi connectivity index (χ2v) is 7.39. The third-order valence-electron chi connectivity index (χ3n) is 4.29. The van der Waals surface area contributed by atoms with Crippen LogP contribution in [0.1, 0.15) is 32.6 Å². The predicted molar refractivity (Wildman–Crippen MR) is 96.7 cm³/mol. The van der Waals surface area contributed by atoms with Gasteiger partial charge in [0, 0.05) is 18.7 Å². The number of nitrogens with zero attached hydrogens (tertiary/aromatic N) is 3. The highest BCUT2D eigenvalue weighted by atomic mass is 32.2. The van der Waals surface area contributed by atoms with E-state index in [0.29, 0.717) is 11.1 Å². The summed E-state index contributed by atoms with van der Waals surface area (Å²) < 4.78 is 10.8. The van der Waals surface area contributed by atoms with Crippen molar-refractivity contribution in [1.29, 1.82) is 0 Å². The van der Waals surface area contributed by atoms with Gasteiger partial charge in [-0.25, -0.2) is 0 Å². The Morgan fingerprint density at radius 3 is 2.48 bits per heavy atom. The van der Waals surface area contributed by atoms with Crippen LogP contribution < -0.4 is 4.74 Å². The Bertz CT molecular complexity index is 694. The highest BCUT2D eigenvalue weighted by Gasteiger charge is 2.24. The molecule has 0 bridgehead atoms. The number of hydrogen-bond donors (Lipinski definition) is 0. The van der Waals surface area contributed by atoms with Gasteiger partial charge in [0.15, 0.2) is 0 Å². The number of carbonyl (C=O) groups excluding carboxylic acids is 1. The third-order valence-corrected chi connectivity index (χ3v) is 5.21. The molecule has 1 saturated heterocycles. The maximum Gasteiger partial charge on any atom is 0.277 e. The minimum absolute atomic E-state index is 0.149. The fourth-order valence-corrected chi connectivity index (χ4v) is 3.62. The van der Waals surface area contributed by atoms with Crippen molar-refractivity contribution in [1.82, 2.24) is 15.1 Å². The zero-order valence-electron chi connectivity index (χ0n) is 14.6. The fourth-order valence-electron chi connectivity index (χ4n) is 2.86. The molecule has 2 aromatic rings. The molecule has 0 saturated carbocycles. The van der Waals surface area contributed by atoms with Gasteiger partial charge in [-0.15, -0.1) is 10.2 Å². The van der Waals surface area contributed by atoms with Gasteiger partial charge >= 0.3 is 0 Å². The Hall–Kier alpha value is -2.02. The zero-order chi connectivity index (χ0) is 17.6. The second kappa shape index (κ2) is 8.38. The maximum atomic E-state index is 12.6. The first-order valence-electron chi connectivity index (χ1n) is 8.61. The van der Waals surface area contributed by atoms with Crippen LogP contribution in [0.2, 0.25) is 0 Å². The Labute approximate surface area is 151 Å². The highest BCUT2D eigenvalue weighted by Crippen LogP contribution is 2.28. The van der Waals surface area contributed by atoms with Gasteiger partial charge in [-0.3, -0.25) is 4.79 Å². The largest absolute Gasteiger partial charge is 0.497 e. The lowest BCUT2D eigenvalue weighted by Gasteiger charge is -2.23. The highest BCUT2D eigenvalue weighted by molar-refractivity contribution is 8.00. The van der Waals surface area contributed by atoms with Crippen LogP contribution in [0.15, 0.2) is 33.9 Å². The zero-order valence-corrected chi connectivity index (χ0v) is 15.4. The standard InChI is InChI=1S/C18H23N3O3S/c1-13(17(22)21-11-5-3-4-6-12-21)25-18-20-19-16(24-18)14-7-9-15(23-2)10-8-14/h7-10,13H,3-6,11-12H2,1-2H3. The molecule has 7 heteroatoms. The number of carbonyl (C=O) groups is 1. The Balaban J connectivity index is 1.62. The number of methoxy groups -OCH3 is 1. The molecule has 1 aliphatic rings. The molecular formula is C18H23N3O3S. The SMILES string of the molecule is COc1ccc(-c2nnc(SC(C)C(=O)N3CCCCCC3)o2)cc1. The molecule has 2 heterocycles. The van der Waals surface area contributed by atoms with E-state index in [1.54, 1.807) is 7.11 Å². The van der Waals surface area contributed by atoms with Crippen LogP contribution in [0.5, 0.6) is 5.75 Å². The van der Waals surface area contributed by atoms with E-state index in [1.807, 2.05) is 36.1 Å². The van der Waals surface area contributed by atoms with Gasteiger partial charge in [-0.05, 0) is 44.0 Å². The first-order chi connectivity index (χ1) is 12.2. The van der Waals surface area contributed by atoms with E-state index in [9.17, 15) is 4.79 Å². The average Bonchev–Trinajstić information content (AvgIpc) is 2.93. The van der Waals surface area contributed by atoms with Gasteiger partial charge in [0.1, 0.15) is 5.75 Å². The molecule has 1 amide bonds. The number of hydrogen-bond acceptors (Lipinski definition) is 6. The first-order valence-corrected chi connectivity index (χ1v) is 9.48. The Kier molecular flexibility index (Phi) is 5.96. The molecule has 3 rings (SSSR count). The lowest BCUT2D eigenvalue weighted by Crippen LogP contribution is -2.37.